The average molecular weight is 335 g/mol. The Morgan fingerprint density at radius 2 is 1.96 bits per heavy atom. The molecule has 1 fully saturated rings. The highest BCUT2D eigenvalue weighted by Crippen LogP contribution is 2.13. The first-order valence-electron chi connectivity index (χ1n) is 7.62. The summed E-state index contributed by atoms with van der Waals surface area (Å²) in [6.07, 6.45) is -0.102. The number of amides is 3. The summed E-state index contributed by atoms with van der Waals surface area (Å²) < 4.78 is 10.6. The van der Waals surface area contributed by atoms with Crippen LogP contribution in [0.1, 0.15) is 24.2 Å². The summed E-state index contributed by atoms with van der Waals surface area (Å²) >= 11 is 0. The number of nitrogens with one attached hydrogen (secondary N) is 1. The minimum absolute atomic E-state index is 0.0510. The van der Waals surface area contributed by atoms with Crippen LogP contribution in [0.25, 0.3) is 0 Å². The van der Waals surface area contributed by atoms with Gasteiger partial charge in [-0.05, 0) is 32.0 Å². The van der Waals surface area contributed by atoms with E-state index in [1.807, 2.05) is 13.8 Å². The predicted octanol–water partition coefficient (Wildman–Crippen LogP) is 0.970. The van der Waals surface area contributed by atoms with Gasteiger partial charge in [0.15, 0.2) is 6.61 Å². The minimum Gasteiger partial charge on any atom is -0.452 e. The van der Waals surface area contributed by atoms with E-state index in [4.69, 9.17) is 15.2 Å². The van der Waals surface area contributed by atoms with Crippen LogP contribution in [0.4, 0.5) is 10.5 Å². The topological polar surface area (TPSA) is 111 Å². The lowest BCUT2D eigenvalue weighted by molar-refractivity contribution is -0.146. The van der Waals surface area contributed by atoms with Crippen LogP contribution < -0.4 is 11.1 Å². The Morgan fingerprint density at radius 3 is 2.58 bits per heavy atom. The molecule has 1 aliphatic heterocycles. The van der Waals surface area contributed by atoms with Gasteiger partial charge in [-0.2, -0.15) is 0 Å². The van der Waals surface area contributed by atoms with E-state index >= 15 is 0 Å². The van der Waals surface area contributed by atoms with E-state index in [2.05, 4.69) is 5.32 Å². The standard InChI is InChI=1S/C16H21N3O5/c1-10-7-19(8-11(2)24-10)14(20)9-23-15(21)12-4-3-5-13(6-12)18-16(17)22/h3-6,10-11H,7-9H2,1-2H3,(H3,17,18,22)/t10-,11-/m1/s1. The molecule has 130 valence electrons. The number of esters is 1. The fourth-order valence-electron chi connectivity index (χ4n) is 2.55. The summed E-state index contributed by atoms with van der Waals surface area (Å²) in [5, 5.41) is 2.37. The second-order valence-electron chi connectivity index (χ2n) is 5.70. The monoisotopic (exact) mass is 335 g/mol. The van der Waals surface area contributed by atoms with E-state index < -0.39 is 12.0 Å². The predicted molar refractivity (Wildman–Crippen MR) is 86.5 cm³/mol. The van der Waals surface area contributed by atoms with E-state index in [9.17, 15) is 14.4 Å². The Morgan fingerprint density at radius 1 is 1.29 bits per heavy atom. The van der Waals surface area contributed by atoms with E-state index in [1.165, 1.54) is 12.1 Å². The summed E-state index contributed by atoms with van der Waals surface area (Å²) in [6.45, 7) is 4.38. The van der Waals surface area contributed by atoms with Crippen LogP contribution >= 0.6 is 0 Å². The number of nitrogens with zero attached hydrogens (tertiary/aromatic N) is 1. The molecule has 2 rings (SSSR count). The number of rotatable bonds is 4. The second-order valence-corrected chi connectivity index (χ2v) is 5.70. The molecule has 3 amide bonds. The third kappa shape index (κ3) is 4.95. The van der Waals surface area contributed by atoms with Gasteiger partial charge in [0.2, 0.25) is 0 Å². The van der Waals surface area contributed by atoms with Crippen molar-refractivity contribution in [3.63, 3.8) is 0 Å². The van der Waals surface area contributed by atoms with Crippen LogP contribution in [0.15, 0.2) is 24.3 Å². The highest BCUT2D eigenvalue weighted by Gasteiger charge is 2.26. The Bertz CT molecular complexity index is 624. The SMILES string of the molecule is C[C@@H]1CN(C(=O)COC(=O)c2cccc(NC(N)=O)c2)C[C@@H](C)O1. The molecule has 1 aromatic carbocycles. The molecule has 0 spiro atoms. The zero-order chi connectivity index (χ0) is 17.7. The van der Waals surface area contributed by atoms with Crippen LogP contribution in [0.3, 0.4) is 0 Å². The van der Waals surface area contributed by atoms with Crippen LogP contribution in [0, 0.1) is 0 Å². The molecular weight excluding hydrogens is 314 g/mol. The Labute approximate surface area is 139 Å². The molecule has 1 aromatic rings. The highest BCUT2D eigenvalue weighted by atomic mass is 16.5. The molecule has 3 N–H and O–H groups in total. The van der Waals surface area contributed by atoms with Crippen LogP contribution in [-0.4, -0.2) is 54.7 Å². The second kappa shape index (κ2) is 7.78. The number of anilines is 1. The quantitative estimate of drug-likeness (QED) is 0.797. The van der Waals surface area contributed by atoms with Crippen molar-refractivity contribution in [2.75, 3.05) is 25.0 Å². The molecule has 2 atom stereocenters. The lowest BCUT2D eigenvalue weighted by Crippen LogP contribution is -2.49. The molecular formula is C16H21N3O5. The van der Waals surface area contributed by atoms with Gasteiger partial charge in [0, 0.05) is 18.8 Å². The number of hydrogen-bond acceptors (Lipinski definition) is 5. The van der Waals surface area contributed by atoms with Crippen LogP contribution in [0.2, 0.25) is 0 Å². The molecule has 1 heterocycles. The van der Waals surface area contributed by atoms with E-state index in [0.29, 0.717) is 18.8 Å². The molecule has 0 aliphatic carbocycles. The van der Waals surface area contributed by atoms with Gasteiger partial charge in [-0.1, -0.05) is 6.07 Å². The van der Waals surface area contributed by atoms with Crippen molar-refractivity contribution in [1.82, 2.24) is 4.90 Å². The maximum atomic E-state index is 12.2. The minimum atomic E-state index is -0.730. The number of carbonyl (C=O) groups excluding carboxylic acids is 3. The van der Waals surface area contributed by atoms with Crippen molar-refractivity contribution in [3.05, 3.63) is 29.8 Å². The van der Waals surface area contributed by atoms with Gasteiger partial charge in [-0.15, -0.1) is 0 Å². The maximum Gasteiger partial charge on any atom is 0.338 e. The Hall–Kier alpha value is -2.61. The zero-order valence-electron chi connectivity index (χ0n) is 13.7. The number of benzene rings is 1. The maximum absolute atomic E-state index is 12.2. The summed E-state index contributed by atoms with van der Waals surface area (Å²) in [5.41, 5.74) is 5.62. The van der Waals surface area contributed by atoms with Gasteiger partial charge < -0.3 is 25.4 Å². The van der Waals surface area contributed by atoms with Gasteiger partial charge >= 0.3 is 12.0 Å². The van der Waals surface area contributed by atoms with Crippen molar-refractivity contribution < 1.29 is 23.9 Å². The number of nitrogens with two attached hydrogens (primary N) is 1. The fraction of sp³-hybridized carbons (Fsp3) is 0.438. The summed E-state index contributed by atoms with van der Waals surface area (Å²) in [7, 11) is 0. The summed E-state index contributed by atoms with van der Waals surface area (Å²) in [5.74, 6) is -0.914. The van der Waals surface area contributed by atoms with E-state index in [0.717, 1.165) is 0 Å². The van der Waals surface area contributed by atoms with E-state index in [1.54, 1.807) is 17.0 Å². The normalized spacial score (nSPS) is 20.3. The van der Waals surface area contributed by atoms with E-state index in [-0.39, 0.29) is 30.3 Å². The van der Waals surface area contributed by atoms with Crippen molar-refractivity contribution in [3.8, 4) is 0 Å². The van der Waals surface area contributed by atoms with Crippen molar-refractivity contribution in [2.45, 2.75) is 26.1 Å². The molecule has 8 nitrogen and oxygen atoms in total. The largest absolute Gasteiger partial charge is 0.452 e. The van der Waals surface area contributed by atoms with Gasteiger partial charge in [-0.25, -0.2) is 9.59 Å². The Balaban J connectivity index is 1.90. The Kier molecular flexibility index (Phi) is 5.75. The zero-order valence-corrected chi connectivity index (χ0v) is 13.7. The van der Waals surface area contributed by atoms with Crippen molar-refractivity contribution in [2.24, 2.45) is 5.73 Å². The molecule has 0 saturated carbocycles. The lowest BCUT2D eigenvalue weighted by atomic mass is 10.2. The average Bonchev–Trinajstić information content (AvgIpc) is 2.51. The smallest absolute Gasteiger partial charge is 0.338 e. The number of primary amides is 1. The van der Waals surface area contributed by atoms with Crippen molar-refractivity contribution in [1.29, 1.82) is 0 Å². The molecule has 24 heavy (non-hydrogen) atoms. The van der Waals surface area contributed by atoms with Crippen molar-refractivity contribution >= 4 is 23.6 Å². The first kappa shape index (κ1) is 17.7. The van der Waals surface area contributed by atoms with Crippen LogP contribution in [-0.2, 0) is 14.3 Å². The summed E-state index contributed by atoms with van der Waals surface area (Å²) in [6, 6.07) is 5.39. The first-order valence-corrected chi connectivity index (χ1v) is 7.62. The third-order valence-electron chi connectivity index (χ3n) is 3.46. The number of carbonyl (C=O) groups is 3. The number of morpholine rings is 1. The molecule has 1 aliphatic rings. The summed E-state index contributed by atoms with van der Waals surface area (Å²) in [4.78, 5) is 36.6. The molecule has 0 bridgehead atoms. The fourth-order valence-corrected chi connectivity index (χ4v) is 2.55. The van der Waals surface area contributed by atoms with Gasteiger partial charge in [0.25, 0.3) is 5.91 Å². The molecule has 0 aromatic heterocycles. The highest BCUT2D eigenvalue weighted by molar-refractivity contribution is 5.94. The van der Waals surface area contributed by atoms with Gasteiger partial charge in [-0.3, -0.25) is 4.79 Å². The number of urea groups is 1. The first-order chi connectivity index (χ1) is 11.3. The van der Waals surface area contributed by atoms with Gasteiger partial charge in [0.1, 0.15) is 0 Å². The van der Waals surface area contributed by atoms with Gasteiger partial charge in [0.05, 0.1) is 17.8 Å². The third-order valence-corrected chi connectivity index (χ3v) is 3.46. The molecule has 0 unspecified atom stereocenters. The van der Waals surface area contributed by atoms with Crippen LogP contribution in [0.5, 0.6) is 0 Å². The number of hydrogen-bond donors (Lipinski definition) is 2. The lowest BCUT2D eigenvalue weighted by Gasteiger charge is -2.35. The molecule has 8 heteroatoms. The molecule has 1 saturated heterocycles. The molecule has 0 radical (unpaired) electrons. The number of ether oxygens (including phenoxy) is 2.